The van der Waals surface area contributed by atoms with Crippen LogP contribution in [0.15, 0.2) is 90.1 Å². The molecule has 3 heterocycles. The van der Waals surface area contributed by atoms with Gasteiger partial charge in [0, 0.05) is 61.7 Å². The zero-order chi connectivity index (χ0) is 27.9. The summed E-state index contributed by atoms with van der Waals surface area (Å²) < 4.78 is 5.18. The number of aromatic amines is 1. The molecule has 0 saturated carbocycles. The van der Waals surface area contributed by atoms with Gasteiger partial charge >= 0.3 is 0 Å². The molecule has 1 aliphatic heterocycles. The lowest BCUT2D eigenvalue weighted by molar-refractivity contribution is 0.0745. The fourth-order valence-electron chi connectivity index (χ4n) is 4.43. The van der Waals surface area contributed by atoms with E-state index in [1.54, 1.807) is 72.9 Å². The Morgan fingerprint density at radius 2 is 1.73 bits per heavy atom. The van der Waals surface area contributed by atoms with Gasteiger partial charge in [0.05, 0.1) is 23.8 Å². The van der Waals surface area contributed by atoms with E-state index in [-0.39, 0.29) is 17.4 Å². The summed E-state index contributed by atoms with van der Waals surface area (Å²) in [6.45, 7) is 2.12. The topological polar surface area (TPSA) is 108 Å². The van der Waals surface area contributed by atoms with Gasteiger partial charge in [0.1, 0.15) is 5.75 Å². The molecule has 1 saturated heterocycles. The van der Waals surface area contributed by atoms with Crippen molar-refractivity contribution < 1.29 is 14.3 Å². The van der Waals surface area contributed by atoms with Crippen LogP contribution in [0.4, 0.5) is 11.4 Å². The number of amides is 2. The summed E-state index contributed by atoms with van der Waals surface area (Å²) >= 11 is 0. The summed E-state index contributed by atoms with van der Waals surface area (Å²) in [6, 6.07) is 19.6. The van der Waals surface area contributed by atoms with Gasteiger partial charge in [0.25, 0.3) is 17.4 Å². The minimum Gasteiger partial charge on any atom is -0.497 e. The molecule has 0 aliphatic carbocycles. The first-order chi connectivity index (χ1) is 19.5. The molecule has 2 amide bonds. The maximum absolute atomic E-state index is 13.2. The van der Waals surface area contributed by atoms with Crippen LogP contribution >= 0.6 is 0 Å². The third-order valence-corrected chi connectivity index (χ3v) is 6.55. The normalized spacial score (nSPS) is 12.7. The van der Waals surface area contributed by atoms with Crippen LogP contribution in [0.2, 0.25) is 0 Å². The number of piperazine rings is 1. The minimum absolute atomic E-state index is 0.140. The highest BCUT2D eigenvalue weighted by Gasteiger charge is 2.25. The molecular weight excluding hydrogens is 506 g/mol. The first-order valence-corrected chi connectivity index (χ1v) is 12.8. The summed E-state index contributed by atoms with van der Waals surface area (Å²) in [6.07, 6.45) is 4.63. The average molecular weight is 534 g/mol. The Balaban J connectivity index is 1.24. The van der Waals surface area contributed by atoms with Crippen molar-refractivity contribution >= 4 is 23.2 Å². The quantitative estimate of drug-likeness (QED) is 0.381. The van der Waals surface area contributed by atoms with Crippen molar-refractivity contribution in [2.45, 2.75) is 0 Å². The molecule has 0 radical (unpaired) electrons. The van der Waals surface area contributed by atoms with Crippen LogP contribution in [0.1, 0.15) is 31.8 Å². The molecule has 2 N–H and O–H groups in total. The van der Waals surface area contributed by atoms with Crippen LogP contribution in [0.25, 0.3) is 0 Å². The molecule has 0 atom stereocenters. The molecule has 0 spiro atoms. The van der Waals surface area contributed by atoms with Gasteiger partial charge in [-0.05, 0) is 54.6 Å². The van der Waals surface area contributed by atoms with Crippen LogP contribution < -0.4 is 20.5 Å². The van der Waals surface area contributed by atoms with Crippen molar-refractivity contribution in [3.63, 3.8) is 0 Å². The monoisotopic (exact) mass is 533 g/mol. The van der Waals surface area contributed by atoms with Gasteiger partial charge in [0.2, 0.25) is 0 Å². The van der Waals surface area contributed by atoms with E-state index in [4.69, 9.17) is 4.74 Å². The second-order valence-corrected chi connectivity index (χ2v) is 9.10. The molecule has 40 heavy (non-hydrogen) atoms. The van der Waals surface area contributed by atoms with E-state index in [1.165, 1.54) is 6.20 Å². The molecule has 4 aromatic rings. The Morgan fingerprint density at radius 1 is 0.950 bits per heavy atom. The van der Waals surface area contributed by atoms with E-state index in [0.29, 0.717) is 59.9 Å². The van der Waals surface area contributed by atoms with E-state index in [1.807, 2.05) is 18.2 Å². The predicted octanol–water partition coefficient (Wildman–Crippen LogP) is 3.39. The molecule has 0 unspecified atom stereocenters. The first kappa shape index (κ1) is 26.3. The van der Waals surface area contributed by atoms with Crippen molar-refractivity contribution in [3.05, 3.63) is 118 Å². The fourth-order valence-corrected chi connectivity index (χ4v) is 4.43. The van der Waals surface area contributed by atoms with Gasteiger partial charge in [0.15, 0.2) is 0 Å². The van der Waals surface area contributed by atoms with Gasteiger partial charge in [-0.15, -0.1) is 0 Å². The number of carbonyl (C=O) groups is 2. The maximum Gasteiger partial charge on any atom is 0.263 e. The van der Waals surface area contributed by atoms with Crippen LogP contribution in [0.3, 0.4) is 0 Å². The third-order valence-electron chi connectivity index (χ3n) is 6.55. The molecule has 2 aromatic heterocycles. The molecule has 1 fully saturated rings. The van der Waals surface area contributed by atoms with E-state index < -0.39 is 0 Å². The molecule has 5 rings (SSSR count). The number of nitrogens with zero attached hydrogens (tertiary/aromatic N) is 3. The third kappa shape index (κ3) is 6.03. The summed E-state index contributed by atoms with van der Waals surface area (Å²) in [5.74, 6) is 6.11. The summed E-state index contributed by atoms with van der Waals surface area (Å²) in [5, 5.41) is 2.94. The molecule has 9 heteroatoms. The van der Waals surface area contributed by atoms with Crippen LogP contribution in [0.5, 0.6) is 5.75 Å². The number of nitrogens with one attached hydrogen (secondary N) is 2. The Hall–Kier alpha value is -5.36. The van der Waals surface area contributed by atoms with Gasteiger partial charge in [-0.2, -0.15) is 0 Å². The van der Waals surface area contributed by atoms with Gasteiger partial charge in [-0.25, -0.2) is 0 Å². The largest absolute Gasteiger partial charge is 0.497 e. The number of hydrogen-bond donors (Lipinski definition) is 2. The van der Waals surface area contributed by atoms with Crippen LogP contribution in [-0.4, -0.2) is 60.0 Å². The molecule has 0 bridgehead atoms. The van der Waals surface area contributed by atoms with E-state index in [0.717, 1.165) is 5.69 Å². The number of aromatic nitrogens is 2. The number of ether oxygens (including phenoxy) is 1. The second kappa shape index (κ2) is 12.0. The highest BCUT2D eigenvalue weighted by atomic mass is 16.5. The Bertz CT molecular complexity index is 1640. The lowest BCUT2D eigenvalue weighted by Gasteiger charge is -2.36. The Morgan fingerprint density at radius 3 is 2.48 bits per heavy atom. The maximum atomic E-state index is 13.2. The van der Waals surface area contributed by atoms with Gasteiger partial charge < -0.3 is 24.8 Å². The number of rotatable bonds is 5. The van der Waals surface area contributed by atoms with Crippen molar-refractivity contribution in [2.75, 3.05) is 43.5 Å². The van der Waals surface area contributed by atoms with E-state index >= 15 is 0 Å². The number of benzene rings is 2. The molecule has 9 nitrogen and oxygen atoms in total. The lowest BCUT2D eigenvalue weighted by Crippen LogP contribution is -2.49. The van der Waals surface area contributed by atoms with Crippen molar-refractivity contribution in [1.29, 1.82) is 0 Å². The number of pyridine rings is 2. The number of H-pyrrole nitrogens is 1. The van der Waals surface area contributed by atoms with E-state index in [2.05, 4.69) is 32.0 Å². The van der Waals surface area contributed by atoms with Crippen molar-refractivity contribution in [1.82, 2.24) is 14.9 Å². The number of para-hydroxylation sites is 1. The predicted molar refractivity (Wildman–Crippen MR) is 153 cm³/mol. The smallest absolute Gasteiger partial charge is 0.263 e. The SMILES string of the molecule is COc1ccc(NC(=O)c2ccccc2N2CCN(C(=O)c3cncc(C#Cc4ccc[nH]c4=O)c3)CC2)cc1. The molecular formula is C31H27N5O4. The highest BCUT2D eigenvalue weighted by molar-refractivity contribution is 6.08. The van der Waals surface area contributed by atoms with Crippen molar-refractivity contribution in [2.24, 2.45) is 0 Å². The number of carbonyl (C=O) groups excluding carboxylic acids is 2. The number of methoxy groups -OCH3 is 1. The fraction of sp³-hybridized carbons (Fsp3) is 0.161. The average Bonchev–Trinajstić information content (AvgIpc) is 3.01. The van der Waals surface area contributed by atoms with Crippen LogP contribution in [-0.2, 0) is 0 Å². The van der Waals surface area contributed by atoms with Gasteiger partial charge in [-0.1, -0.05) is 24.0 Å². The summed E-state index contributed by atoms with van der Waals surface area (Å²) in [5.41, 5.74) is 3.10. The highest BCUT2D eigenvalue weighted by Crippen LogP contribution is 2.24. The molecule has 1 aliphatic rings. The Kier molecular flexibility index (Phi) is 7.88. The van der Waals surface area contributed by atoms with Gasteiger partial charge in [-0.3, -0.25) is 19.4 Å². The summed E-state index contributed by atoms with van der Waals surface area (Å²) in [7, 11) is 1.59. The number of anilines is 2. The zero-order valence-corrected chi connectivity index (χ0v) is 21.9. The molecule has 2 aromatic carbocycles. The van der Waals surface area contributed by atoms with Crippen molar-refractivity contribution in [3.8, 4) is 17.6 Å². The Labute approximate surface area is 231 Å². The lowest BCUT2D eigenvalue weighted by atomic mass is 10.1. The minimum atomic E-state index is -0.271. The number of hydrogen-bond acceptors (Lipinski definition) is 6. The zero-order valence-electron chi connectivity index (χ0n) is 21.9. The standard InChI is InChI=1S/C31H27N5O4/c1-40-26-12-10-25(11-13-26)34-30(38)27-6-2-3-7-28(27)35-15-17-36(18-16-35)31(39)24-19-22(20-32-21-24)8-9-23-5-4-14-33-29(23)37/h2-7,10-14,19-21H,15-18H2,1H3,(H,33,37)(H,34,38). The van der Waals surface area contributed by atoms with Crippen LogP contribution in [0, 0.1) is 11.8 Å². The molecule has 200 valence electrons. The second-order valence-electron chi connectivity index (χ2n) is 9.10. The van der Waals surface area contributed by atoms with E-state index in [9.17, 15) is 14.4 Å². The summed E-state index contributed by atoms with van der Waals surface area (Å²) in [4.78, 5) is 48.8. The first-order valence-electron chi connectivity index (χ1n) is 12.8.